The molecule has 0 aliphatic carbocycles. The van der Waals surface area contributed by atoms with Crippen molar-refractivity contribution in [2.45, 2.75) is 71.9 Å². The highest BCUT2D eigenvalue weighted by molar-refractivity contribution is 5.90. The number of piperidine rings is 1. The van der Waals surface area contributed by atoms with Crippen LogP contribution in [0.4, 0.5) is 0 Å². The van der Waals surface area contributed by atoms with E-state index < -0.39 is 6.04 Å². The molecule has 3 amide bonds. The lowest BCUT2D eigenvalue weighted by Crippen LogP contribution is -2.62. The molecule has 2 rings (SSSR count). The van der Waals surface area contributed by atoms with Crippen molar-refractivity contribution in [2.75, 3.05) is 26.2 Å². The quantitative estimate of drug-likeness (QED) is 0.650. The fraction of sp³-hybridized carbons (Fsp3) is 0.857. The molecule has 0 bridgehead atoms. The first kappa shape index (κ1) is 22.7. The minimum atomic E-state index is -0.420. The average molecular weight is 395 g/mol. The molecule has 160 valence electrons. The van der Waals surface area contributed by atoms with Crippen molar-refractivity contribution in [3.63, 3.8) is 0 Å². The summed E-state index contributed by atoms with van der Waals surface area (Å²) in [6, 6.07) is -0.628. The minimum absolute atomic E-state index is 0.0291. The summed E-state index contributed by atoms with van der Waals surface area (Å²) in [4.78, 5) is 41.5. The van der Waals surface area contributed by atoms with Crippen LogP contribution in [0.15, 0.2) is 0 Å². The molecule has 0 radical (unpaired) electrons. The standard InChI is InChI=1S/C21H38N4O3/c1-14(2)10-17-20(27)25(9-7-23-17)18(11-15(3)4)21(28)24-8-5-6-16(13-24)12-19(22)26/h14-18,23H,5-13H2,1-4H3,(H2,22,26)/t16?,17-,18-/m0/s1. The van der Waals surface area contributed by atoms with E-state index in [-0.39, 0.29) is 29.7 Å². The number of carbonyl (C=O) groups excluding carboxylic acids is 3. The normalized spacial score (nSPS) is 24.7. The maximum atomic E-state index is 13.4. The zero-order valence-corrected chi connectivity index (χ0v) is 17.9. The second kappa shape index (κ2) is 10.2. The number of amides is 3. The SMILES string of the molecule is CC(C)C[C@@H]1NCCN([C@@H](CC(C)C)C(=O)N2CCCC(CC(N)=O)C2)C1=O. The maximum absolute atomic E-state index is 13.4. The summed E-state index contributed by atoms with van der Waals surface area (Å²) in [6.07, 6.45) is 3.56. The van der Waals surface area contributed by atoms with Crippen LogP contribution in [0.1, 0.15) is 59.8 Å². The molecule has 1 unspecified atom stereocenters. The summed E-state index contributed by atoms with van der Waals surface area (Å²) >= 11 is 0. The molecule has 2 aliphatic rings. The Hall–Kier alpha value is -1.63. The molecule has 0 aromatic carbocycles. The van der Waals surface area contributed by atoms with Crippen LogP contribution in [-0.2, 0) is 14.4 Å². The van der Waals surface area contributed by atoms with Crippen LogP contribution in [0.3, 0.4) is 0 Å². The number of piperazine rings is 1. The van der Waals surface area contributed by atoms with Gasteiger partial charge in [0.1, 0.15) is 6.04 Å². The molecule has 2 saturated heterocycles. The topological polar surface area (TPSA) is 95.7 Å². The van der Waals surface area contributed by atoms with Gasteiger partial charge in [-0.2, -0.15) is 0 Å². The summed E-state index contributed by atoms with van der Waals surface area (Å²) in [5.74, 6) is 0.615. The Morgan fingerprint density at radius 3 is 2.50 bits per heavy atom. The third kappa shape index (κ3) is 6.19. The van der Waals surface area contributed by atoms with Crippen LogP contribution in [0.5, 0.6) is 0 Å². The molecule has 0 spiro atoms. The van der Waals surface area contributed by atoms with E-state index in [1.165, 1.54) is 0 Å². The number of carbonyl (C=O) groups is 3. The first-order valence-electron chi connectivity index (χ1n) is 10.8. The van der Waals surface area contributed by atoms with Gasteiger partial charge in [-0.1, -0.05) is 27.7 Å². The molecule has 2 aliphatic heterocycles. The largest absolute Gasteiger partial charge is 0.370 e. The molecule has 2 heterocycles. The molecule has 0 aromatic rings. The average Bonchev–Trinajstić information content (AvgIpc) is 2.60. The Kier molecular flexibility index (Phi) is 8.28. The fourth-order valence-electron chi connectivity index (χ4n) is 4.46. The number of likely N-dealkylation sites (tertiary alicyclic amines) is 1. The summed E-state index contributed by atoms with van der Waals surface area (Å²) in [5.41, 5.74) is 5.36. The van der Waals surface area contributed by atoms with E-state index >= 15 is 0 Å². The van der Waals surface area contributed by atoms with Crippen LogP contribution in [0.25, 0.3) is 0 Å². The second-order valence-electron chi connectivity index (χ2n) is 9.28. The molecular weight excluding hydrogens is 356 g/mol. The van der Waals surface area contributed by atoms with Crippen molar-refractivity contribution in [1.82, 2.24) is 15.1 Å². The smallest absolute Gasteiger partial charge is 0.245 e. The molecule has 3 N–H and O–H groups in total. The number of hydrogen-bond donors (Lipinski definition) is 2. The highest BCUT2D eigenvalue weighted by atomic mass is 16.2. The predicted molar refractivity (Wildman–Crippen MR) is 109 cm³/mol. The van der Waals surface area contributed by atoms with Gasteiger partial charge in [0, 0.05) is 32.6 Å². The molecule has 7 nitrogen and oxygen atoms in total. The van der Waals surface area contributed by atoms with Crippen molar-refractivity contribution < 1.29 is 14.4 Å². The summed E-state index contributed by atoms with van der Waals surface area (Å²) in [7, 11) is 0. The number of rotatable bonds is 8. The third-order valence-electron chi connectivity index (χ3n) is 5.71. The minimum Gasteiger partial charge on any atom is -0.370 e. The number of nitrogens with zero attached hydrogens (tertiary/aromatic N) is 2. The first-order valence-corrected chi connectivity index (χ1v) is 10.8. The van der Waals surface area contributed by atoms with Gasteiger partial charge >= 0.3 is 0 Å². The number of nitrogens with one attached hydrogen (secondary N) is 1. The van der Waals surface area contributed by atoms with Crippen LogP contribution in [0, 0.1) is 17.8 Å². The van der Waals surface area contributed by atoms with Gasteiger partial charge in [-0.3, -0.25) is 14.4 Å². The van der Waals surface area contributed by atoms with Crippen LogP contribution < -0.4 is 11.1 Å². The van der Waals surface area contributed by atoms with E-state index in [0.717, 1.165) is 25.8 Å². The van der Waals surface area contributed by atoms with Crippen molar-refractivity contribution in [2.24, 2.45) is 23.5 Å². The van der Waals surface area contributed by atoms with Crippen molar-refractivity contribution in [1.29, 1.82) is 0 Å². The van der Waals surface area contributed by atoms with E-state index in [1.54, 1.807) is 0 Å². The monoisotopic (exact) mass is 394 g/mol. The van der Waals surface area contributed by atoms with Gasteiger partial charge in [0.05, 0.1) is 6.04 Å². The Morgan fingerprint density at radius 1 is 1.18 bits per heavy atom. The number of primary amides is 1. The van der Waals surface area contributed by atoms with Gasteiger partial charge in [-0.15, -0.1) is 0 Å². The lowest BCUT2D eigenvalue weighted by Gasteiger charge is -2.42. The highest BCUT2D eigenvalue weighted by Crippen LogP contribution is 2.24. The highest BCUT2D eigenvalue weighted by Gasteiger charge is 2.39. The van der Waals surface area contributed by atoms with Gasteiger partial charge < -0.3 is 20.9 Å². The van der Waals surface area contributed by atoms with Crippen molar-refractivity contribution in [3.05, 3.63) is 0 Å². The van der Waals surface area contributed by atoms with E-state index in [9.17, 15) is 14.4 Å². The summed E-state index contributed by atoms with van der Waals surface area (Å²) < 4.78 is 0. The number of nitrogens with two attached hydrogens (primary N) is 1. The number of hydrogen-bond acceptors (Lipinski definition) is 4. The Bertz CT molecular complexity index is 564. The Morgan fingerprint density at radius 2 is 1.89 bits per heavy atom. The molecule has 0 saturated carbocycles. The van der Waals surface area contributed by atoms with Gasteiger partial charge in [0.25, 0.3) is 0 Å². The lowest BCUT2D eigenvalue weighted by molar-refractivity contribution is -0.150. The van der Waals surface area contributed by atoms with Gasteiger partial charge in [-0.25, -0.2) is 0 Å². The van der Waals surface area contributed by atoms with Crippen molar-refractivity contribution in [3.8, 4) is 0 Å². The Labute approximate surface area is 169 Å². The van der Waals surface area contributed by atoms with E-state index in [0.29, 0.717) is 44.3 Å². The molecule has 28 heavy (non-hydrogen) atoms. The zero-order valence-electron chi connectivity index (χ0n) is 17.9. The fourth-order valence-corrected chi connectivity index (χ4v) is 4.46. The molecular formula is C21H38N4O3. The van der Waals surface area contributed by atoms with Crippen LogP contribution >= 0.6 is 0 Å². The van der Waals surface area contributed by atoms with Crippen LogP contribution in [-0.4, -0.2) is 65.8 Å². The van der Waals surface area contributed by atoms with Gasteiger partial charge in [0.15, 0.2) is 0 Å². The lowest BCUT2D eigenvalue weighted by atomic mass is 9.92. The van der Waals surface area contributed by atoms with Gasteiger partial charge in [0.2, 0.25) is 17.7 Å². The predicted octanol–water partition coefficient (Wildman–Crippen LogP) is 1.36. The van der Waals surface area contributed by atoms with E-state index in [1.807, 2.05) is 9.80 Å². The third-order valence-corrected chi connectivity index (χ3v) is 5.71. The maximum Gasteiger partial charge on any atom is 0.245 e. The summed E-state index contributed by atoms with van der Waals surface area (Å²) in [6.45, 7) is 10.9. The molecule has 7 heteroatoms. The van der Waals surface area contributed by atoms with Crippen molar-refractivity contribution >= 4 is 17.7 Å². The first-order chi connectivity index (χ1) is 13.2. The van der Waals surface area contributed by atoms with Gasteiger partial charge in [-0.05, 0) is 43.4 Å². The second-order valence-corrected chi connectivity index (χ2v) is 9.28. The molecule has 2 fully saturated rings. The summed E-state index contributed by atoms with van der Waals surface area (Å²) in [5, 5.41) is 3.32. The van der Waals surface area contributed by atoms with E-state index in [4.69, 9.17) is 5.73 Å². The van der Waals surface area contributed by atoms with E-state index in [2.05, 4.69) is 33.0 Å². The molecule has 3 atom stereocenters. The zero-order chi connectivity index (χ0) is 20.8. The Balaban J connectivity index is 2.14. The molecule has 0 aromatic heterocycles. The van der Waals surface area contributed by atoms with Crippen LogP contribution in [0.2, 0.25) is 0 Å².